The van der Waals surface area contributed by atoms with E-state index in [4.69, 9.17) is 0 Å². The number of nitrogens with zero attached hydrogens (tertiary/aromatic N) is 1. The number of hydrogen-bond donors (Lipinski definition) is 2. The molecule has 1 aliphatic rings. The van der Waals surface area contributed by atoms with Crippen LogP contribution in [-0.2, 0) is 16.0 Å². The van der Waals surface area contributed by atoms with Crippen LogP contribution in [0.25, 0.3) is 10.9 Å². The molecule has 0 aliphatic heterocycles. The Morgan fingerprint density at radius 1 is 1.00 bits per heavy atom. The fourth-order valence-corrected chi connectivity index (χ4v) is 5.25. The van der Waals surface area contributed by atoms with Gasteiger partial charge in [0, 0.05) is 29.3 Å². The molecule has 1 saturated carbocycles. The Hall–Kier alpha value is -3.08. The number of likely N-dealkylation sites (N-methyl/N-ethyl adjacent to an activating group) is 1. The van der Waals surface area contributed by atoms with E-state index in [1.165, 1.54) is 0 Å². The molecular weight excluding hydrogens is 398 g/mol. The smallest absolute Gasteiger partial charge is 0.250 e. The van der Waals surface area contributed by atoms with Gasteiger partial charge in [0.05, 0.1) is 6.42 Å². The SMILES string of the molecule is CCN(C(=O)Cc1c[nH]c2ccccc12)C1(C(=O)Nc2c(C)cccc2C)CCCCC1. The number of para-hydroxylation sites is 2. The zero-order valence-corrected chi connectivity index (χ0v) is 19.3. The highest BCUT2D eigenvalue weighted by Gasteiger charge is 2.46. The third-order valence-corrected chi connectivity index (χ3v) is 6.97. The number of rotatable bonds is 6. The molecule has 3 aromatic rings. The summed E-state index contributed by atoms with van der Waals surface area (Å²) in [5.74, 6) is -0.0421. The standard InChI is InChI=1S/C27H33N3O2/c1-4-30(24(31)17-21-18-28-23-14-7-6-13-22(21)23)27(15-8-5-9-16-27)26(32)29-25-19(2)11-10-12-20(25)3/h6-7,10-14,18,28H,4-5,8-9,15-17H2,1-3H3,(H,29,32). The summed E-state index contributed by atoms with van der Waals surface area (Å²) < 4.78 is 0. The molecule has 2 N–H and O–H groups in total. The van der Waals surface area contributed by atoms with Gasteiger partial charge >= 0.3 is 0 Å². The molecule has 1 aromatic heterocycles. The van der Waals surface area contributed by atoms with Crippen LogP contribution >= 0.6 is 0 Å². The van der Waals surface area contributed by atoms with Crippen molar-refractivity contribution >= 4 is 28.4 Å². The molecule has 4 rings (SSSR count). The number of aromatic amines is 1. The maximum atomic E-state index is 13.8. The van der Waals surface area contributed by atoms with Crippen molar-refractivity contribution in [3.05, 3.63) is 65.4 Å². The number of aryl methyl sites for hydroxylation is 2. The number of carbonyl (C=O) groups is 2. The van der Waals surface area contributed by atoms with Crippen molar-refractivity contribution in [1.82, 2.24) is 9.88 Å². The molecule has 1 aliphatic carbocycles. The third-order valence-electron chi connectivity index (χ3n) is 6.97. The first-order valence-electron chi connectivity index (χ1n) is 11.7. The molecule has 32 heavy (non-hydrogen) atoms. The number of benzene rings is 2. The van der Waals surface area contributed by atoms with Crippen LogP contribution in [0.2, 0.25) is 0 Å². The highest BCUT2D eigenvalue weighted by molar-refractivity contribution is 6.02. The number of H-pyrrole nitrogens is 1. The highest BCUT2D eigenvalue weighted by Crippen LogP contribution is 2.36. The van der Waals surface area contributed by atoms with E-state index in [1.54, 1.807) is 0 Å². The Morgan fingerprint density at radius 3 is 2.38 bits per heavy atom. The maximum Gasteiger partial charge on any atom is 0.250 e. The van der Waals surface area contributed by atoms with Gasteiger partial charge in [0.2, 0.25) is 11.8 Å². The second-order valence-electron chi connectivity index (χ2n) is 8.99. The van der Waals surface area contributed by atoms with Gasteiger partial charge in [-0.15, -0.1) is 0 Å². The van der Waals surface area contributed by atoms with Crippen LogP contribution in [0.1, 0.15) is 55.7 Å². The van der Waals surface area contributed by atoms with Gasteiger partial charge in [0.25, 0.3) is 0 Å². The van der Waals surface area contributed by atoms with Gasteiger partial charge in [-0.1, -0.05) is 55.7 Å². The fourth-order valence-electron chi connectivity index (χ4n) is 5.25. The van der Waals surface area contributed by atoms with Crippen LogP contribution in [0.5, 0.6) is 0 Å². The van der Waals surface area contributed by atoms with Crippen molar-refractivity contribution in [3.8, 4) is 0 Å². The minimum Gasteiger partial charge on any atom is -0.361 e. The van der Waals surface area contributed by atoms with Crippen LogP contribution in [0.4, 0.5) is 5.69 Å². The van der Waals surface area contributed by atoms with Gasteiger partial charge in [-0.3, -0.25) is 9.59 Å². The molecule has 0 radical (unpaired) electrons. The molecule has 0 unspecified atom stereocenters. The van der Waals surface area contributed by atoms with Gasteiger partial charge < -0.3 is 15.2 Å². The summed E-state index contributed by atoms with van der Waals surface area (Å²) in [7, 11) is 0. The predicted octanol–water partition coefficient (Wildman–Crippen LogP) is 5.52. The van der Waals surface area contributed by atoms with Crippen molar-refractivity contribution < 1.29 is 9.59 Å². The second-order valence-corrected chi connectivity index (χ2v) is 8.99. The zero-order chi connectivity index (χ0) is 22.7. The number of anilines is 1. The number of aromatic nitrogens is 1. The first kappa shape index (κ1) is 22.1. The van der Waals surface area contributed by atoms with Crippen LogP contribution in [0.15, 0.2) is 48.7 Å². The van der Waals surface area contributed by atoms with Gasteiger partial charge in [-0.25, -0.2) is 0 Å². The summed E-state index contributed by atoms with van der Waals surface area (Å²) in [5.41, 5.74) is 4.14. The minimum absolute atomic E-state index is 0.0100. The molecule has 1 fully saturated rings. The third kappa shape index (κ3) is 4.04. The zero-order valence-electron chi connectivity index (χ0n) is 19.3. The van der Waals surface area contributed by atoms with E-state index in [0.717, 1.165) is 52.5 Å². The molecular formula is C27H33N3O2. The Kier molecular flexibility index (Phi) is 6.35. The van der Waals surface area contributed by atoms with E-state index in [0.29, 0.717) is 19.4 Å². The number of carbonyl (C=O) groups excluding carboxylic acids is 2. The van der Waals surface area contributed by atoms with Crippen molar-refractivity contribution in [2.45, 2.75) is 64.8 Å². The largest absolute Gasteiger partial charge is 0.361 e. The van der Waals surface area contributed by atoms with Crippen LogP contribution in [0.3, 0.4) is 0 Å². The average Bonchev–Trinajstić information content (AvgIpc) is 3.20. The van der Waals surface area contributed by atoms with E-state index >= 15 is 0 Å². The quantitative estimate of drug-likeness (QED) is 0.540. The number of amides is 2. The lowest BCUT2D eigenvalue weighted by Crippen LogP contribution is -2.60. The summed E-state index contributed by atoms with van der Waals surface area (Å²) in [6, 6.07) is 14.0. The molecule has 1 heterocycles. The van der Waals surface area contributed by atoms with Gasteiger partial charge in [-0.2, -0.15) is 0 Å². The highest BCUT2D eigenvalue weighted by atomic mass is 16.2. The minimum atomic E-state index is -0.801. The molecule has 0 saturated heterocycles. The predicted molar refractivity (Wildman–Crippen MR) is 130 cm³/mol. The Balaban J connectivity index is 1.64. The normalized spacial score (nSPS) is 15.5. The van der Waals surface area contributed by atoms with E-state index < -0.39 is 5.54 Å². The van der Waals surface area contributed by atoms with Crippen LogP contribution < -0.4 is 5.32 Å². The first-order valence-corrected chi connectivity index (χ1v) is 11.7. The molecule has 168 valence electrons. The summed E-state index contributed by atoms with van der Waals surface area (Å²) >= 11 is 0. The number of fused-ring (bicyclic) bond motifs is 1. The van der Waals surface area contributed by atoms with Crippen molar-refractivity contribution in [2.75, 3.05) is 11.9 Å². The van der Waals surface area contributed by atoms with E-state index in [1.807, 2.05) is 74.3 Å². The second kappa shape index (κ2) is 9.19. The monoisotopic (exact) mass is 431 g/mol. The Labute approximate surface area is 190 Å². The number of nitrogens with one attached hydrogen (secondary N) is 2. The van der Waals surface area contributed by atoms with Gasteiger partial charge in [0.15, 0.2) is 0 Å². The van der Waals surface area contributed by atoms with Crippen molar-refractivity contribution in [1.29, 1.82) is 0 Å². The summed E-state index contributed by atoms with van der Waals surface area (Å²) in [6.45, 7) is 6.52. The van der Waals surface area contributed by atoms with Crippen LogP contribution in [0, 0.1) is 13.8 Å². The van der Waals surface area contributed by atoms with Gasteiger partial charge in [-0.05, 0) is 56.4 Å². The molecule has 0 bridgehead atoms. The molecule has 0 atom stereocenters. The molecule has 5 heteroatoms. The van der Waals surface area contributed by atoms with E-state index in [-0.39, 0.29) is 18.2 Å². The van der Waals surface area contributed by atoms with Crippen molar-refractivity contribution in [2.24, 2.45) is 0 Å². The lowest BCUT2D eigenvalue weighted by Gasteiger charge is -2.45. The molecule has 2 amide bonds. The fraction of sp³-hybridized carbons (Fsp3) is 0.407. The number of hydrogen-bond acceptors (Lipinski definition) is 2. The van der Waals surface area contributed by atoms with Crippen LogP contribution in [-0.4, -0.2) is 33.8 Å². The Bertz CT molecular complexity index is 1100. The molecule has 0 spiro atoms. The van der Waals surface area contributed by atoms with E-state index in [9.17, 15) is 9.59 Å². The lowest BCUT2D eigenvalue weighted by molar-refractivity contribution is -0.147. The Morgan fingerprint density at radius 2 is 1.69 bits per heavy atom. The lowest BCUT2D eigenvalue weighted by atomic mass is 9.78. The summed E-state index contributed by atoms with van der Waals surface area (Å²) in [6.07, 6.45) is 6.63. The van der Waals surface area contributed by atoms with E-state index in [2.05, 4.69) is 10.3 Å². The summed E-state index contributed by atoms with van der Waals surface area (Å²) in [4.78, 5) is 32.5. The van der Waals surface area contributed by atoms with Crippen molar-refractivity contribution in [3.63, 3.8) is 0 Å². The molecule has 5 nitrogen and oxygen atoms in total. The summed E-state index contributed by atoms with van der Waals surface area (Å²) in [5, 5.41) is 4.27. The molecule has 2 aromatic carbocycles. The topological polar surface area (TPSA) is 65.2 Å². The average molecular weight is 432 g/mol. The maximum absolute atomic E-state index is 13.8. The first-order chi connectivity index (χ1) is 15.5. The van der Waals surface area contributed by atoms with Gasteiger partial charge in [0.1, 0.15) is 5.54 Å².